The second-order valence-electron chi connectivity index (χ2n) is 14.7. The molecule has 0 bridgehead atoms. The highest BCUT2D eigenvalue weighted by atomic mass is 16.3. The quantitative estimate of drug-likeness (QED) is 0.177. The molecule has 1 aliphatic rings. The molecule has 6 nitrogen and oxygen atoms in total. The van der Waals surface area contributed by atoms with Gasteiger partial charge in [-0.15, -0.1) is 0 Å². The zero-order valence-corrected chi connectivity index (χ0v) is 30.8. The summed E-state index contributed by atoms with van der Waals surface area (Å²) in [5.74, 6) is 2.59. The first-order chi connectivity index (χ1) is 28.3. The molecular formula is C51H33N5O. The molecule has 1 aliphatic carbocycles. The molecule has 11 aromatic rings. The van der Waals surface area contributed by atoms with Crippen molar-refractivity contribution < 1.29 is 4.42 Å². The fourth-order valence-electron chi connectivity index (χ4n) is 8.95. The summed E-state index contributed by atoms with van der Waals surface area (Å²) in [7, 11) is 0. The monoisotopic (exact) mass is 731 g/mol. The molecule has 4 aromatic heterocycles. The first-order valence-corrected chi connectivity index (χ1v) is 19.4. The van der Waals surface area contributed by atoms with E-state index in [1.807, 2.05) is 6.07 Å². The van der Waals surface area contributed by atoms with Crippen LogP contribution in [0.25, 0.3) is 106 Å². The highest BCUT2D eigenvalue weighted by molar-refractivity contribution is 6.11. The molecule has 6 heteroatoms. The van der Waals surface area contributed by atoms with E-state index in [0.29, 0.717) is 17.6 Å². The lowest BCUT2D eigenvalue weighted by atomic mass is 9.97. The van der Waals surface area contributed by atoms with Gasteiger partial charge in [0.05, 0.1) is 27.6 Å². The van der Waals surface area contributed by atoms with Crippen LogP contribution in [0, 0.1) is 0 Å². The van der Waals surface area contributed by atoms with E-state index in [-0.39, 0.29) is 0 Å². The van der Waals surface area contributed by atoms with Gasteiger partial charge < -0.3 is 8.98 Å². The van der Waals surface area contributed by atoms with E-state index in [1.165, 1.54) is 33.1 Å². The van der Waals surface area contributed by atoms with E-state index in [4.69, 9.17) is 19.4 Å². The van der Waals surface area contributed by atoms with Crippen molar-refractivity contribution in [2.75, 3.05) is 0 Å². The maximum atomic E-state index is 6.93. The molecule has 0 fully saturated rings. The Morgan fingerprint density at radius 3 is 1.61 bits per heavy atom. The molecule has 0 spiro atoms. The Morgan fingerprint density at radius 1 is 0.421 bits per heavy atom. The van der Waals surface area contributed by atoms with Crippen molar-refractivity contribution in [1.82, 2.24) is 24.1 Å². The third kappa shape index (κ3) is 4.94. The number of aromatic nitrogens is 5. The minimum absolute atomic E-state index is 0.555. The fourth-order valence-corrected chi connectivity index (χ4v) is 8.95. The summed E-state index contributed by atoms with van der Waals surface area (Å²) in [6.07, 6.45) is 3.98. The molecule has 0 N–H and O–H groups in total. The van der Waals surface area contributed by atoms with Gasteiger partial charge in [-0.1, -0.05) is 133 Å². The predicted octanol–water partition coefficient (Wildman–Crippen LogP) is 12.8. The van der Waals surface area contributed by atoms with Gasteiger partial charge in [0, 0.05) is 49.8 Å². The normalized spacial score (nSPS) is 12.9. The molecular weight excluding hydrogens is 699 g/mol. The van der Waals surface area contributed by atoms with Crippen molar-refractivity contribution in [3.63, 3.8) is 0 Å². The van der Waals surface area contributed by atoms with E-state index in [0.717, 1.165) is 73.6 Å². The van der Waals surface area contributed by atoms with E-state index < -0.39 is 0 Å². The van der Waals surface area contributed by atoms with Crippen LogP contribution in [0.15, 0.2) is 174 Å². The molecule has 57 heavy (non-hydrogen) atoms. The summed E-state index contributed by atoms with van der Waals surface area (Å²) in [6.45, 7) is 0. The van der Waals surface area contributed by atoms with E-state index in [1.54, 1.807) is 0 Å². The van der Waals surface area contributed by atoms with Crippen LogP contribution in [0.2, 0.25) is 0 Å². The van der Waals surface area contributed by atoms with Gasteiger partial charge in [-0.2, -0.15) is 9.97 Å². The molecule has 4 heterocycles. The number of aryl methyl sites for hydroxylation is 1. The first kappa shape index (κ1) is 31.7. The molecule has 0 amide bonds. The molecule has 7 aromatic carbocycles. The number of benzene rings is 7. The van der Waals surface area contributed by atoms with Crippen molar-refractivity contribution in [2.45, 2.75) is 12.8 Å². The smallest absolute Gasteiger partial charge is 0.238 e. The van der Waals surface area contributed by atoms with Gasteiger partial charge in [0.1, 0.15) is 11.3 Å². The van der Waals surface area contributed by atoms with Crippen LogP contribution in [0.1, 0.15) is 17.7 Å². The molecule has 0 aliphatic heterocycles. The van der Waals surface area contributed by atoms with Crippen molar-refractivity contribution in [3.05, 3.63) is 181 Å². The molecule has 12 rings (SSSR count). The first-order valence-electron chi connectivity index (χ1n) is 19.4. The second-order valence-corrected chi connectivity index (χ2v) is 14.7. The number of nitrogens with zero attached hydrogens (tertiary/aromatic N) is 5. The van der Waals surface area contributed by atoms with Gasteiger partial charge in [-0.25, -0.2) is 4.98 Å². The number of hydrogen-bond acceptors (Lipinski definition) is 4. The summed E-state index contributed by atoms with van der Waals surface area (Å²) in [6, 6.07) is 59.4. The third-order valence-electron chi connectivity index (χ3n) is 11.5. The van der Waals surface area contributed by atoms with Crippen LogP contribution in [-0.4, -0.2) is 24.1 Å². The standard InChI is InChI=1S/C51H33N5O/c1-2-14-32(15-3-1)33-16-12-17-34(30-33)49-52-50(54-51(53-49)56-45-26-10-6-20-38(45)39-21-7-11-27-46(39)56)42-23-13-22-41-40-29-28-35(31-47(40)57-48(41)42)55-43-24-8-4-18-36(43)37-19-5-9-25-44(37)55/h1-27,30-31H,28-29H2. The van der Waals surface area contributed by atoms with Gasteiger partial charge in [0.25, 0.3) is 0 Å². The van der Waals surface area contributed by atoms with Gasteiger partial charge in [0.2, 0.25) is 5.95 Å². The Labute approximate surface area is 327 Å². The van der Waals surface area contributed by atoms with Crippen molar-refractivity contribution in [2.24, 2.45) is 0 Å². The number of para-hydroxylation sites is 5. The third-order valence-corrected chi connectivity index (χ3v) is 11.5. The lowest BCUT2D eigenvalue weighted by Gasteiger charge is -2.16. The van der Waals surface area contributed by atoms with E-state index in [9.17, 15) is 0 Å². The molecule has 0 saturated heterocycles. The van der Waals surface area contributed by atoms with Crippen LogP contribution in [0.4, 0.5) is 0 Å². The Hall–Kier alpha value is -7.57. The molecule has 0 saturated carbocycles. The average Bonchev–Trinajstić information content (AvgIpc) is 3.94. The second kappa shape index (κ2) is 12.5. The van der Waals surface area contributed by atoms with Crippen molar-refractivity contribution >= 4 is 66.4 Å². The summed E-state index contributed by atoms with van der Waals surface area (Å²) in [4.78, 5) is 15.8. The van der Waals surface area contributed by atoms with Crippen LogP contribution in [-0.2, 0) is 6.42 Å². The topological polar surface area (TPSA) is 61.7 Å². The van der Waals surface area contributed by atoms with Crippen LogP contribution in [0.3, 0.4) is 0 Å². The molecule has 0 atom stereocenters. The maximum Gasteiger partial charge on any atom is 0.238 e. The van der Waals surface area contributed by atoms with E-state index >= 15 is 0 Å². The summed E-state index contributed by atoms with van der Waals surface area (Å²) in [5, 5.41) is 5.89. The lowest BCUT2D eigenvalue weighted by Crippen LogP contribution is -2.06. The van der Waals surface area contributed by atoms with E-state index in [2.05, 4.69) is 179 Å². The van der Waals surface area contributed by atoms with Gasteiger partial charge >= 0.3 is 0 Å². The number of allylic oxidation sites excluding steroid dienone is 1. The number of fused-ring (bicyclic) bond motifs is 9. The van der Waals surface area contributed by atoms with Gasteiger partial charge in [0.15, 0.2) is 11.6 Å². The average molecular weight is 732 g/mol. The highest BCUT2D eigenvalue weighted by Crippen LogP contribution is 2.42. The number of rotatable bonds is 5. The van der Waals surface area contributed by atoms with Crippen LogP contribution >= 0.6 is 0 Å². The van der Waals surface area contributed by atoms with Crippen molar-refractivity contribution in [3.8, 4) is 39.9 Å². The maximum absolute atomic E-state index is 6.93. The Kier molecular flexibility index (Phi) is 6.95. The fraction of sp³-hybridized carbons (Fsp3) is 0.0392. The Morgan fingerprint density at radius 2 is 0.947 bits per heavy atom. The zero-order chi connectivity index (χ0) is 37.5. The lowest BCUT2D eigenvalue weighted by molar-refractivity contribution is 0.596. The van der Waals surface area contributed by atoms with Gasteiger partial charge in [-0.05, 0) is 60.4 Å². The number of hydrogen-bond donors (Lipinski definition) is 0. The summed E-state index contributed by atoms with van der Waals surface area (Å²) < 4.78 is 11.5. The predicted molar refractivity (Wildman–Crippen MR) is 232 cm³/mol. The Bertz CT molecular complexity index is 3310. The van der Waals surface area contributed by atoms with Crippen molar-refractivity contribution in [1.29, 1.82) is 0 Å². The number of furan rings is 1. The highest BCUT2D eigenvalue weighted by Gasteiger charge is 2.25. The molecule has 268 valence electrons. The SMILES string of the molecule is C1=C(n2c3ccccc3c3ccccc32)CCc2c1oc1c(-c3nc(-c4cccc(-c5ccccc5)c4)nc(-n4c5ccccc5c5ccccc54)n3)cccc21. The van der Waals surface area contributed by atoms with Crippen LogP contribution in [0.5, 0.6) is 0 Å². The zero-order valence-electron chi connectivity index (χ0n) is 30.8. The van der Waals surface area contributed by atoms with Crippen LogP contribution < -0.4 is 0 Å². The van der Waals surface area contributed by atoms with Gasteiger partial charge in [-0.3, -0.25) is 4.57 Å². The minimum Gasteiger partial charge on any atom is -0.456 e. The Balaban J connectivity index is 1.07. The summed E-state index contributed by atoms with van der Waals surface area (Å²) >= 11 is 0. The molecule has 0 unspecified atom stereocenters. The largest absolute Gasteiger partial charge is 0.456 e. The summed E-state index contributed by atoms with van der Waals surface area (Å²) in [5.41, 5.74) is 11.7. The minimum atomic E-state index is 0.555. The molecule has 0 radical (unpaired) electrons.